The van der Waals surface area contributed by atoms with E-state index in [1.807, 2.05) is 48.5 Å². The molecule has 2 heterocycles. The standard InChI is InChI=1S/C25H26N2O5/c1-17(29)25-26-12-13-27(25)21(14-28)9-4-18-2-5-19(6-3-18)20-7-10-22(11-8-20)32-24-16-31-15-23(24)30/h2-3,5-8,10-13,17,21,23-24,28-30H,14-16H2,1H3/t17?,21?,23-,24+/m1/s1. The van der Waals surface area contributed by atoms with Crippen molar-refractivity contribution < 1.29 is 24.8 Å². The van der Waals surface area contributed by atoms with Gasteiger partial charge in [0.15, 0.2) is 0 Å². The largest absolute Gasteiger partial charge is 0.485 e. The molecule has 2 aromatic carbocycles. The van der Waals surface area contributed by atoms with Gasteiger partial charge in [0.25, 0.3) is 0 Å². The third-order valence-electron chi connectivity index (χ3n) is 5.32. The second-order valence-corrected chi connectivity index (χ2v) is 7.70. The van der Waals surface area contributed by atoms with Crippen LogP contribution in [-0.2, 0) is 4.74 Å². The Kier molecular flexibility index (Phi) is 6.88. The first kappa shape index (κ1) is 22.1. The van der Waals surface area contributed by atoms with Crippen molar-refractivity contribution in [1.82, 2.24) is 9.55 Å². The van der Waals surface area contributed by atoms with E-state index >= 15 is 0 Å². The lowest BCUT2D eigenvalue weighted by Crippen LogP contribution is -2.29. The monoisotopic (exact) mass is 434 g/mol. The first-order chi connectivity index (χ1) is 15.5. The molecule has 7 heteroatoms. The molecule has 3 aromatic rings. The number of rotatable bonds is 6. The van der Waals surface area contributed by atoms with Crippen molar-refractivity contribution in [2.24, 2.45) is 0 Å². The number of aliphatic hydroxyl groups excluding tert-OH is 3. The Bertz CT molecular complexity index is 1080. The number of imidazole rings is 1. The van der Waals surface area contributed by atoms with Gasteiger partial charge in [-0.2, -0.15) is 0 Å². The van der Waals surface area contributed by atoms with Gasteiger partial charge >= 0.3 is 0 Å². The lowest BCUT2D eigenvalue weighted by molar-refractivity contribution is 0.0733. The van der Waals surface area contributed by atoms with Crippen LogP contribution in [-0.4, -0.2) is 56.9 Å². The van der Waals surface area contributed by atoms with Crippen molar-refractivity contribution in [3.05, 3.63) is 72.3 Å². The van der Waals surface area contributed by atoms with Crippen LogP contribution in [0.5, 0.6) is 5.75 Å². The Morgan fingerprint density at radius 1 is 1.12 bits per heavy atom. The van der Waals surface area contributed by atoms with Crippen LogP contribution < -0.4 is 4.74 Å². The highest BCUT2D eigenvalue weighted by molar-refractivity contribution is 5.65. The van der Waals surface area contributed by atoms with Crippen molar-refractivity contribution >= 4 is 0 Å². The molecule has 4 atom stereocenters. The number of benzene rings is 2. The van der Waals surface area contributed by atoms with Crippen LogP contribution >= 0.6 is 0 Å². The van der Waals surface area contributed by atoms with E-state index in [-0.39, 0.29) is 12.7 Å². The molecular weight excluding hydrogens is 408 g/mol. The van der Waals surface area contributed by atoms with Crippen molar-refractivity contribution in [1.29, 1.82) is 0 Å². The molecule has 1 aliphatic heterocycles. The fourth-order valence-electron chi connectivity index (χ4n) is 3.56. The average Bonchev–Trinajstić information content (AvgIpc) is 3.45. The van der Waals surface area contributed by atoms with E-state index in [4.69, 9.17) is 9.47 Å². The Morgan fingerprint density at radius 2 is 1.81 bits per heavy atom. The second-order valence-electron chi connectivity index (χ2n) is 7.70. The van der Waals surface area contributed by atoms with Gasteiger partial charge in [0.1, 0.15) is 35.9 Å². The van der Waals surface area contributed by atoms with Crippen LogP contribution in [0.1, 0.15) is 30.5 Å². The fraction of sp³-hybridized carbons (Fsp3) is 0.320. The lowest BCUT2D eigenvalue weighted by Gasteiger charge is -2.15. The minimum Gasteiger partial charge on any atom is -0.485 e. The summed E-state index contributed by atoms with van der Waals surface area (Å²) in [5.41, 5.74) is 2.89. The summed E-state index contributed by atoms with van der Waals surface area (Å²) < 4.78 is 12.7. The summed E-state index contributed by atoms with van der Waals surface area (Å²) in [5, 5.41) is 29.4. The zero-order valence-corrected chi connectivity index (χ0v) is 17.8. The van der Waals surface area contributed by atoms with Crippen LogP contribution in [0.25, 0.3) is 11.1 Å². The van der Waals surface area contributed by atoms with E-state index in [0.717, 1.165) is 16.7 Å². The third kappa shape index (κ3) is 5.01. The van der Waals surface area contributed by atoms with Gasteiger partial charge in [-0.1, -0.05) is 36.1 Å². The average molecular weight is 434 g/mol. The van der Waals surface area contributed by atoms with Gasteiger partial charge in [-0.05, 0) is 42.3 Å². The van der Waals surface area contributed by atoms with Gasteiger partial charge in [0.2, 0.25) is 0 Å². The molecule has 0 radical (unpaired) electrons. The fourth-order valence-corrected chi connectivity index (χ4v) is 3.56. The molecule has 2 unspecified atom stereocenters. The Morgan fingerprint density at radius 3 is 2.41 bits per heavy atom. The summed E-state index contributed by atoms with van der Waals surface area (Å²) in [5.74, 6) is 7.30. The maximum atomic E-state index is 9.82. The molecule has 0 saturated carbocycles. The molecule has 0 bridgehead atoms. The van der Waals surface area contributed by atoms with Gasteiger partial charge in [0, 0.05) is 18.0 Å². The van der Waals surface area contributed by atoms with Crippen molar-refractivity contribution in [3.8, 4) is 28.7 Å². The summed E-state index contributed by atoms with van der Waals surface area (Å²) in [6.07, 6.45) is 1.62. The molecule has 0 spiro atoms. The molecule has 1 aromatic heterocycles. The second kappa shape index (κ2) is 9.98. The predicted octanol–water partition coefficient (Wildman–Crippen LogP) is 2.33. The molecule has 1 fully saturated rings. The summed E-state index contributed by atoms with van der Waals surface area (Å²) in [7, 11) is 0. The molecule has 4 rings (SSSR count). The van der Waals surface area contributed by atoms with E-state index in [1.165, 1.54) is 0 Å². The first-order valence-corrected chi connectivity index (χ1v) is 10.5. The van der Waals surface area contributed by atoms with Crippen LogP contribution in [0.2, 0.25) is 0 Å². The summed E-state index contributed by atoms with van der Waals surface area (Å²) in [6.45, 7) is 2.15. The van der Waals surface area contributed by atoms with E-state index in [9.17, 15) is 15.3 Å². The van der Waals surface area contributed by atoms with Gasteiger partial charge in [-0.3, -0.25) is 0 Å². The normalized spacial score (nSPS) is 19.8. The molecule has 32 heavy (non-hydrogen) atoms. The molecule has 0 aliphatic carbocycles. The van der Waals surface area contributed by atoms with Crippen molar-refractivity contribution in [3.63, 3.8) is 0 Å². The Labute approximate surface area is 186 Å². The number of hydrogen-bond donors (Lipinski definition) is 3. The Hall–Kier alpha value is -3.15. The molecular formula is C25H26N2O5. The van der Waals surface area contributed by atoms with Gasteiger partial charge in [-0.15, -0.1) is 0 Å². The van der Waals surface area contributed by atoms with E-state index in [0.29, 0.717) is 24.8 Å². The number of hydrogen-bond acceptors (Lipinski definition) is 6. The summed E-state index contributed by atoms with van der Waals surface area (Å²) in [6, 6.07) is 15.0. The van der Waals surface area contributed by atoms with Crippen molar-refractivity contribution in [2.75, 3.05) is 19.8 Å². The number of aromatic nitrogens is 2. The highest BCUT2D eigenvalue weighted by atomic mass is 16.6. The van der Waals surface area contributed by atoms with Crippen LogP contribution in [0.4, 0.5) is 0 Å². The Balaban J connectivity index is 1.44. The van der Waals surface area contributed by atoms with Crippen molar-refractivity contribution in [2.45, 2.75) is 31.3 Å². The molecule has 166 valence electrons. The number of ether oxygens (including phenoxy) is 2. The number of nitrogens with zero attached hydrogens (tertiary/aromatic N) is 2. The molecule has 1 saturated heterocycles. The maximum Gasteiger partial charge on any atom is 0.150 e. The highest BCUT2D eigenvalue weighted by Crippen LogP contribution is 2.24. The van der Waals surface area contributed by atoms with Gasteiger partial charge < -0.3 is 29.4 Å². The van der Waals surface area contributed by atoms with Crippen LogP contribution in [0.15, 0.2) is 60.9 Å². The maximum absolute atomic E-state index is 9.82. The topological polar surface area (TPSA) is 97.0 Å². The minimum atomic E-state index is -0.742. The third-order valence-corrected chi connectivity index (χ3v) is 5.32. The van der Waals surface area contributed by atoms with Gasteiger partial charge in [-0.25, -0.2) is 4.98 Å². The molecule has 7 nitrogen and oxygen atoms in total. The smallest absolute Gasteiger partial charge is 0.150 e. The van der Waals surface area contributed by atoms with Gasteiger partial charge in [0.05, 0.1) is 19.8 Å². The van der Waals surface area contributed by atoms with Crippen LogP contribution in [0.3, 0.4) is 0 Å². The summed E-state index contributed by atoms with van der Waals surface area (Å²) in [4.78, 5) is 4.13. The zero-order valence-electron chi connectivity index (χ0n) is 17.8. The lowest BCUT2D eigenvalue weighted by atomic mass is 10.0. The van der Waals surface area contributed by atoms with E-state index in [1.54, 1.807) is 23.9 Å². The van der Waals surface area contributed by atoms with E-state index < -0.39 is 18.2 Å². The SMILES string of the molecule is CC(O)c1nccn1C(C#Cc1ccc(-c2ccc(O[C@H]3COC[C@H]3O)cc2)cc1)CO. The molecule has 3 N–H and O–H groups in total. The molecule has 1 aliphatic rings. The molecule has 0 amide bonds. The zero-order chi connectivity index (χ0) is 22.5. The van der Waals surface area contributed by atoms with E-state index in [2.05, 4.69) is 16.8 Å². The summed E-state index contributed by atoms with van der Waals surface area (Å²) >= 11 is 0. The predicted molar refractivity (Wildman–Crippen MR) is 119 cm³/mol. The first-order valence-electron chi connectivity index (χ1n) is 10.5. The highest BCUT2D eigenvalue weighted by Gasteiger charge is 2.27. The minimum absolute atomic E-state index is 0.181. The number of aliphatic hydroxyl groups is 3. The quantitative estimate of drug-likeness (QED) is 0.516. The van der Waals surface area contributed by atoms with Crippen LogP contribution in [0, 0.1) is 11.8 Å².